The highest BCUT2D eigenvalue weighted by Gasteiger charge is 2.56. The maximum absolute atomic E-state index is 12.6. The van der Waals surface area contributed by atoms with Gasteiger partial charge in [0, 0.05) is 24.7 Å². The number of anilines is 1. The first-order valence-corrected chi connectivity index (χ1v) is 7.60. The Labute approximate surface area is 125 Å². The second-order valence-corrected chi connectivity index (χ2v) is 6.75. The lowest BCUT2D eigenvalue weighted by atomic mass is 9.72. The van der Waals surface area contributed by atoms with Gasteiger partial charge in [0.25, 0.3) is 0 Å². The van der Waals surface area contributed by atoms with Crippen LogP contribution in [0.1, 0.15) is 32.3 Å². The topological polar surface area (TPSA) is 23.6 Å². The lowest BCUT2D eigenvalue weighted by molar-refractivity contribution is 0.0686. The Morgan fingerprint density at radius 1 is 1.30 bits per heavy atom. The van der Waals surface area contributed by atoms with Crippen molar-refractivity contribution in [1.82, 2.24) is 4.90 Å². The lowest BCUT2D eigenvalue weighted by Gasteiger charge is -2.52. The van der Waals surface area contributed by atoms with Crippen LogP contribution in [-0.2, 0) is 5.54 Å². The van der Waals surface area contributed by atoms with E-state index < -0.39 is 0 Å². The number of amides is 2. The van der Waals surface area contributed by atoms with Crippen LogP contribution in [0.25, 0.3) is 0 Å². The molecule has 0 spiro atoms. The SMILES string of the molecule is CC(C)C1(C2CC2)c2cc(Cl)ccc2N(C)C(=O)N1C. The van der Waals surface area contributed by atoms with Crippen molar-refractivity contribution in [1.29, 1.82) is 0 Å². The van der Waals surface area contributed by atoms with Gasteiger partial charge >= 0.3 is 6.03 Å². The monoisotopic (exact) mass is 292 g/mol. The van der Waals surface area contributed by atoms with E-state index in [0.717, 1.165) is 10.7 Å². The minimum absolute atomic E-state index is 0.0698. The average Bonchev–Trinajstić information content (AvgIpc) is 3.21. The molecule has 1 aromatic rings. The molecule has 2 amide bonds. The van der Waals surface area contributed by atoms with Crippen LogP contribution < -0.4 is 4.90 Å². The highest BCUT2D eigenvalue weighted by atomic mass is 35.5. The van der Waals surface area contributed by atoms with E-state index in [1.165, 1.54) is 18.4 Å². The summed E-state index contributed by atoms with van der Waals surface area (Å²) in [6.45, 7) is 4.41. The molecule has 1 unspecified atom stereocenters. The molecular formula is C16H21ClN2O. The number of rotatable bonds is 2. The molecule has 3 nitrogen and oxygen atoms in total. The number of urea groups is 1. The van der Waals surface area contributed by atoms with Crippen LogP contribution in [0.5, 0.6) is 0 Å². The number of carbonyl (C=O) groups is 1. The summed E-state index contributed by atoms with van der Waals surface area (Å²) >= 11 is 6.24. The number of carbonyl (C=O) groups excluding carboxylic acids is 1. The van der Waals surface area contributed by atoms with Gasteiger partial charge in [0.1, 0.15) is 0 Å². The molecule has 20 heavy (non-hydrogen) atoms. The third-order valence-electron chi connectivity index (χ3n) is 4.96. The predicted molar refractivity (Wildman–Crippen MR) is 82.3 cm³/mol. The summed E-state index contributed by atoms with van der Waals surface area (Å²) in [5.41, 5.74) is 1.98. The van der Waals surface area contributed by atoms with Crippen LogP contribution in [0, 0.1) is 11.8 Å². The minimum atomic E-state index is -0.218. The fourth-order valence-corrected chi connectivity index (χ4v) is 4.15. The number of benzene rings is 1. The van der Waals surface area contributed by atoms with Gasteiger partial charge in [0.05, 0.1) is 11.2 Å². The maximum atomic E-state index is 12.6. The molecule has 2 aliphatic rings. The molecule has 0 bridgehead atoms. The van der Waals surface area contributed by atoms with Gasteiger partial charge in [-0.1, -0.05) is 25.4 Å². The van der Waals surface area contributed by atoms with Crippen LogP contribution >= 0.6 is 11.6 Å². The quantitative estimate of drug-likeness (QED) is 0.805. The van der Waals surface area contributed by atoms with Crippen molar-refractivity contribution in [2.24, 2.45) is 11.8 Å². The van der Waals surface area contributed by atoms with Crippen molar-refractivity contribution < 1.29 is 4.79 Å². The number of hydrogen-bond acceptors (Lipinski definition) is 1. The van der Waals surface area contributed by atoms with Gasteiger partial charge in [0.15, 0.2) is 0 Å². The van der Waals surface area contributed by atoms with Crippen LogP contribution in [0.4, 0.5) is 10.5 Å². The Hall–Kier alpha value is -1.22. The number of hydrogen-bond donors (Lipinski definition) is 0. The van der Waals surface area contributed by atoms with E-state index in [9.17, 15) is 4.79 Å². The van der Waals surface area contributed by atoms with Crippen molar-refractivity contribution in [2.45, 2.75) is 32.2 Å². The van der Waals surface area contributed by atoms with E-state index in [1.54, 1.807) is 4.90 Å². The van der Waals surface area contributed by atoms with Gasteiger partial charge in [-0.15, -0.1) is 0 Å². The normalized spacial score (nSPS) is 26.2. The van der Waals surface area contributed by atoms with Crippen molar-refractivity contribution in [2.75, 3.05) is 19.0 Å². The number of fused-ring (bicyclic) bond motifs is 1. The minimum Gasteiger partial charge on any atom is -0.317 e. The third-order valence-corrected chi connectivity index (χ3v) is 5.20. The van der Waals surface area contributed by atoms with Crippen LogP contribution in [0.2, 0.25) is 5.02 Å². The van der Waals surface area contributed by atoms with Gasteiger partial charge in [-0.2, -0.15) is 0 Å². The number of nitrogens with zero attached hydrogens (tertiary/aromatic N) is 2. The summed E-state index contributed by atoms with van der Waals surface area (Å²) < 4.78 is 0. The summed E-state index contributed by atoms with van der Waals surface area (Å²) in [5.74, 6) is 0.900. The lowest BCUT2D eigenvalue weighted by Crippen LogP contribution is -2.59. The van der Waals surface area contributed by atoms with Gasteiger partial charge in [0.2, 0.25) is 0 Å². The number of halogens is 1. The highest BCUT2D eigenvalue weighted by molar-refractivity contribution is 6.30. The van der Waals surface area contributed by atoms with E-state index in [2.05, 4.69) is 19.9 Å². The van der Waals surface area contributed by atoms with Gasteiger partial charge < -0.3 is 4.90 Å². The second-order valence-electron chi connectivity index (χ2n) is 6.32. The van der Waals surface area contributed by atoms with Gasteiger partial charge in [-0.25, -0.2) is 4.79 Å². The molecule has 1 atom stereocenters. The zero-order chi connectivity index (χ0) is 14.7. The first kappa shape index (κ1) is 13.7. The van der Waals surface area contributed by atoms with Crippen LogP contribution in [0.15, 0.2) is 18.2 Å². The molecule has 0 N–H and O–H groups in total. The Kier molecular flexibility index (Phi) is 3.02. The fourth-order valence-electron chi connectivity index (χ4n) is 3.98. The fraction of sp³-hybridized carbons (Fsp3) is 0.562. The van der Waals surface area contributed by atoms with E-state index in [0.29, 0.717) is 11.8 Å². The largest absolute Gasteiger partial charge is 0.324 e. The second kappa shape index (κ2) is 4.39. The van der Waals surface area contributed by atoms with Gasteiger partial charge in [-0.05, 0) is 42.9 Å². The van der Waals surface area contributed by atoms with E-state index in [1.807, 2.05) is 31.1 Å². The molecule has 108 valence electrons. The molecule has 4 heteroatoms. The van der Waals surface area contributed by atoms with E-state index in [4.69, 9.17) is 11.6 Å². The Morgan fingerprint density at radius 2 is 1.95 bits per heavy atom. The molecular weight excluding hydrogens is 272 g/mol. The van der Waals surface area contributed by atoms with Crippen molar-refractivity contribution >= 4 is 23.3 Å². The smallest absolute Gasteiger partial charge is 0.317 e. The van der Waals surface area contributed by atoms with Crippen molar-refractivity contribution in [3.8, 4) is 0 Å². The zero-order valence-electron chi connectivity index (χ0n) is 12.5. The Bertz CT molecular complexity index is 564. The molecule has 1 aromatic carbocycles. The summed E-state index contributed by atoms with van der Waals surface area (Å²) in [6.07, 6.45) is 2.37. The molecule has 1 aliphatic heterocycles. The van der Waals surface area contributed by atoms with Crippen LogP contribution in [0.3, 0.4) is 0 Å². The molecule has 0 saturated heterocycles. The van der Waals surface area contributed by atoms with Crippen molar-refractivity contribution in [3.05, 3.63) is 28.8 Å². The summed E-state index contributed by atoms with van der Waals surface area (Å²) in [5, 5.41) is 0.741. The Morgan fingerprint density at radius 3 is 2.50 bits per heavy atom. The first-order chi connectivity index (χ1) is 9.40. The standard InChI is InChI=1S/C16H21ClN2O/c1-10(2)16(11-5-6-11)13-9-12(17)7-8-14(13)18(3)15(20)19(16)4/h7-11H,5-6H2,1-4H3. The summed E-state index contributed by atoms with van der Waals surface area (Å²) in [4.78, 5) is 16.3. The molecule has 1 heterocycles. The summed E-state index contributed by atoms with van der Waals surface area (Å²) in [6, 6.07) is 5.96. The highest BCUT2D eigenvalue weighted by Crippen LogP contribution is 2.57. The maximum Gasteiger partial charge on any atom is 0.324 e. The molecule has 0 radical (unpaired) electrons. The molecule has 0 aromatic heterocycles. The molecule has 1 fully saturated rings. The first-order valence-electron chi connectivity index (χ1n) is 7.22. The van der Waals surface area contributed by atoms with E-state index in [-0.39, 0.29) is 11.6 Å². The molecule has 3 rings (SSSR count). The predicted octanol–water partition coefficient (Wildman–Crippen LogP) is 4.10. The van der Waals surface area contributed by atoms with Crippen molar-refractivity contribution in [3.63, 3.8) is 0 Å². The van der Waals surface area contributed by atoms with Gasteiger partial charge in [-0.3, -0.25) is 4.90 Å². The zero-order valence-corrected chi connectivity index (χ0v) is 13.2. The third kappa shape index (κ3) is 1.62. The molecule has 1 saturated carbocycles. The Balaban J connectivity index is 2.30. The summed E-state index contributed by atoms with van der Waals surface area (Å²) in [7, 11) is 3.77. The van der Waals surface area contributed by atoms with E-state index >= 15 is 0 Å². The van der Waals surface area contributed by atoms with Crippen LogP contribution in [-0.4, -0.2) is 25.0 Å². The molecule has 1 aliphatic carbocycles. The average molecular weight is 293 g/mol.